The number of nitrogens with zero attached hydrogens (tertiary/aromatic N) is 1. The Morgan fingerprint density at radius 3 is 2.63 bits per heavy atom. The maximum absolute atomic E-state index is 11.5. The Balaban J connectivity index is 2.03. The highest BCUT2D eigenvalue weighted by molar-refractivity contribution is 5.77. The number of rotatable bonds is 8. The number of amides is 2. The minimum Gasteiger partial charge on any atom is -0.481 e. The molecule has 0 spiro atoms. The summed E-state index contributed by atoms with van der Waals surface area (Å²) in [6.45, 7) is 1.83. The highest BCUT2D eigenvalue weighted by Gasteiger charge is 2.17. The van der Waals surface area contributed by atoms with E-state index in [9.17, 15) is 14.4 Å². The Bertz CT molecular complexity index is 331. The zero-order valence-electron chi connectivity index (χ0n) is 11.2. The van der Waals surface area contributed by atoms with Gasteiger partial charge in [0.25, 0.3) is 0 Å². The molecular formula is C13H22N2O4. The van der Waals surface area contributed by atoms with Crippen LogP contribution in [0.4, 0.5) is 0 Å². The van der Waals surface area contributed by atoms with Crippen LogP contribution in [0.25, 0.3) is 0 Å². The minimum absolute atomic E-state index is 0.0742. The average Bonchev–Trinajstić information content (AvgIpc) is 2.37. The van der Waals surface area contributed by atoms with E-state index in [0.29, 0.717) is 38.8 Å². The molecule has 1 fully saturated rings. The van der Waals surface area contributed by atoms with Gasteiger partial charge in [0, 0.05) is 38.9 Å². The van der Waals surface area contributed by atoms with Crippen LogP contribution in [0.5, 0.6) is 0 Å². The molecule has 1 heterocycles. The van der Waals surface area contributed by atoms with Crippen LogP contribution in [-0.2, 0) is 14.4 Å². The van der Waals surface area contributed by atoms with Gasteiger partial charge in [-0.1, -0.05) is 0 Å². The molecule has 1 aliphatic heterocycles. The summed E-state index contributed by atoms with van der Waals surface area (Å²) in [6.07, 6.45) is 4.17. The van der Waals surface area contributed by atoms with Crippen molar-refractivity contribution in [3.05, 3.63) is 0 Å². The van der Waals surface area contributed by atoms with E-state index in [2.05, 4.69) is 5.32 Å². The highest BCUT2D eigenvalue weighted by Crippen LogP contribution is 2.09. The van der Waals surface area contributed by atoms with Crippen LogP contribution in [0.15, 0.2) is 0 Å². The Morgan fingerprint density at radius 1 is 1.21 bits per heavy atom. The highest BCUT2D eigenvalue weighted by atomic mass is 16.4. The quantitative estimate of drug-likeness (QED) is 0.637. The first-order chi connectivity index (χ1) is 9.09. The second kappa shape index (κ2) is 8.50. The van der Waals surface area contributed by atoms with Gasteiger partial charge in [0.2, 0.25) is 11.8 Å². The van der Waals surface area contributed by atoms with Gasteiger partial charge in [-0.05, 0) is 25.7 Å². The molecule has 0 bridgehead atoms. The van der Waals surface area contributed by atoms with E-state index in [-0.39, 0.29) is 18.2 Å². The number of hydrogen-bond acceptors (Lipinski definition) is 3. The van der Waals surface area contributed by atoms with Gasteiger partial charge in [-0.2, -0.15) is 0 Å². The number of likely N-dealkylation sites (tertiary alicyclic amines) is 1. The Labute approximate surface area is 113 Å². The van der Waals surface area contributed by atoms with Crippen molar-refractivity contribution in [2.24, 2.45) is 0 Å². The molecule has 0 aromatic heterocycles. The summed E-state index contributed by atoms with van der Waals surface area (Å²) in [6, 6.07) is 0. The van der Waals surface area contributed by atoms with Crippen LogP contribution >= 0.6 is 0 Å². The van der Waals surface area contributed by atoms with Crippen LogP contribution in [0.2, 0.25) is 0 Å². The molecule has 2 amide bonds. The van der Waals surface area contributed by atoms with Gasteiger partial charge in [0.05, 0.1) is 0 Å². The summed E-state index contributed by atoms with van der Waals surface area (Å²) in [5.74, 6) is -0.735. The molecule has 0 atom stereocenters. The largest absolute Gasteiger partial charge is 0.481 e. The van der Waals surface area contributed by atoms with E-state index in [0.717, 1.165) is 19.4 Å². The van der Waals surface area contributed by atoms with Crippen molar-refractivity contribution in [2.45, 2.75) is 44.9 Å². The Morgan fingerprint density at radius 2 is 1.95 bits per heavy atom. The van der Waals surface area contributed by atoms with E-state index in [1.54, 1.807) is 4.90 Å². The molecule has 1 saturated heterocycles. The number of nitrogens with one attached hydrogen (secondary N) is 1. The zero-order valence-corrected chi connectivity index (χ0v) is 11.2. The third-order valence-corrected chi connectivity index (χ3v) is 3.17. The van der Waals surface area contributed by atoms with Crippen LogP contribution in [0.1, 0.15) is 44.9 Å². The lowest BCUT2D eigenvalue weighted by atomic mass is 10.1. The average molecular weight is 270 g/mol. The fourth-order valence-electron chi connectivity index (χ4n) is 2.08. The summed E-state index contributed by atoms with van der Waals surface area (Å²) in [5.41, 5.74) is 0. The molecule has 19 heavy (non-hydrogen) atoms. The fourth-order valence-corrected chi connectivity index (χ4v) is 2.08. The molecular weight excluding hydrogens is 248 g/mol. The molecule has 1 aliphatic rings. The number of carboxylic acids is 1. The summed E-state index contributed by atoms with van der Waals surface area (Å²) in [5, 5.41) is 11.2. The maximum atomic E-state index is 11.5. The van der Waals surface area contributed by atoms with Gasteiger partial charge in [0.1, 0.15) is 0 Å². The van der Waals surface area contributed by atoms with Crippen LogP contribution in [0, 0.1) is 0 Å². The van der Waals surface area contributed by atoms with E-state index in [1.165, 1.54) is 0 Å². The lowest BCUT2D eigenvalue weighted by Gasteiger charge is -2.26. The number of carboxylic acid groups (broad SMARTS) is 1. The number of hydrogen-bond donors (Lipinski definition) is 2. The van der Waals surface area contributed by atoms with Gasteiger partial charge in [-0.15, -0.1) is 0 Å². The summed E-state index contributed by atoms with van der Waals surface area (Å²) < 4.78 is 0. The van der Waals surface area contributed by atoms with Gasteiger partial charge < -0.3 is 15.3 Å². The van der Waals surface area contributed by atoms with Crippen molar-refractivity contribution < 1.29 is 19.5 Å². The van der Waals surface area contributed by atoms with E-state index in [1.807, 2.05) is 0 Å². The Hall–Kier alpha value is -1.59. The van der Waals surface area contributed by atoms with E-state index < -0.39 is 5.97 Å². The minimum atomic E-state index is -0.830. The van der Waals surface area contributed by atoms with Crippen LogP contribution < -0.4 is 5.32 Å². The first-order valence-corrected chi connectivity index (χ1v) is 6.86. The van der Waals surface area contributed by atoms with Crippen molar-refractivity contribution in [3.8, 4) is 0 Å². The maximum Gasteiger partial charge on any atom is 0.303 e. The number of piperidine rings is 1. The second-order valence-electron chi connectivity index (χ2n) is 4.79. The Kier molecular flexibility index (Phi) is 6.92. The van der Waals surface area contributed by atoms with Crippen molar-refractivity contribution in [1.29, 1.82) is 0 Å². The topological polar surface area (TPSA) is 86.7 Å². The first-order valence-electron chi connectivity index (χ1n) is 6.86. The predicted molar refractivity (Wildman–Crippen MR) is 69.5 cm³/mol. The monoisotopic (exact) mass is 270 g/mol. The standard InChI is InChI=1S/C13H22N2O4/c16-11(5-1-2-7-13(18)19)14-8-10-15-9-4-3-6-12(15)17/h1-10H2,(H,14,16)(H,18,19). The van der Waals surface area contributed by atoms with E-state index in [4.69, 9.17) is 5.11 Å². The molecule has 0 saturated carbocycles. The number of carbonyl (C=O) groups excluding carboxylic acids is 2. The number of aliphatic carboxylic acids is 1. The normalized spacial score (nSPS) is 15.4. The molecule has 6 heteroatoms. The zero-order chi connectivity index (χ0) is 14.1. The number of unbranched alkanes of at least 4 members (excludes halogenated alkanes) is 1. The molecule has 0 radical (unpaired) electrons. The SMILES string of the molecule is O=C(O)CCCCC(=O)NCCN1CCCCC1=O. The first kappa shape index (κ1) is 15.5. The van der Waals surface area contributed by atoms with Crippen LogP contribution in [0.3, 0.4) is 0 Å². The van der Waals surface area contributed by atoms with Crippen molar-refractivity contribution >= 4 is 17.8 Å². The van der Waals surface area contributed by atoms with Gasteiger partial charge >= 0.3 is 5.97 Å². The lowest BCUT2D eigenvalue weighted by molar-refractivity contribution is -0.137. The summed E-state index contributed by atoms with van der Waals surface area (Å²) in [7, 11) is 0. The summed E-state index contributed by atoms with van der Waals surface area (Å²) in [4.78, 5) is 35.0. The van der Waals surface area contributed by atoms with Gasteiger partial charge in [-0.25, -0.2) is 0 Å². The smallest absolute Gasteiger partial charge is 0.303 e. The van der Waals surface area contributed by atoms with Crippen molar-refractivity contribution in [2.75, 3.05) is 19.6 Å². The molecule has 0 unspecified atom stereocenters. The second-order valence-corrected chi connectivity index (χ2v) is 4.79. The molecule has 108 valence electrons. The molecule has 0 aliphatic carbocycles. The molecule has 6 nitrogen and oxygen atoms in total. The fraction of sp³-hybridized carbons (Fsp3) is 0.769. The van der Waals surface area contributed by atoms with Crippen molar-refractivity contribution in [3.63, 3.8) is 0 Å². The van der Waals surface area contributed by atoms with Gasteiger partial charge in [0.15, 0.2) is 0 Å². The number of carbonyl (C=O) groups is 3. The van der Waals surface area contributed by atoms with Crippen LogP contribution in [-0.4, -0.2) is 47.4 Å². The molecule has 1 rings (SSSR count). The third kappa shape index (κ3) is 6.79. The van der Waals surface area contributed by atoms with Crippen molar-refractivity contribution in [1.82, 2.24) is 10.2 Å². The third-order valence-electron chi connectivity index (χ3n) is 3.17. The summed E-state index contributed by atoms with van der Waals surface area (Å²) >= 11 is 0. The van der Waals surface area contributed by atoms with Gasteiger partial charge in [-0.3, -0.25) is 14.4 Å². The van der Waals surface area contributed by atoms with E-state index >= 15 is 0 Å². The molecule has 0 aromatic rings. The molecule has 0 aromatic carbocycles. The predicted octanol–water partition coefficient (Wildman–Crippen LogP) is 0.760. The lowest BCUT2D eigenvalue weighted by Crippen LogP contribution is -2.41. The molecule has 2 N–H and O–H groups in total.